The lowest BCUT2D eigenvalue weighted by molar-refractivity contribution is 0.598. The van der Waals surface area contributed by atoms with Gasteiger partial charge in [0.25, 0.3) is 0 Å². The summed E-state index contributed by atoms with van der Waals surface area (Å²) in [6.07, 6.45) is 0. The maximum atomic E-state index is 13.1. The molecule has 0 spiro atoms. The molecule has 3 rings (SSSR count). The zero-order valence-electron chi connectivity index (χ0n) is 10.6. The summed E-state index contributed by atoms with van der Waals surface area (Å²) in [6.45, 7) is 0. The standard InChI is InChI=1S/C13H10FN3O2S2/c14-8-4-5-12-11(6-8)17-13(20-12)16-9-2-1-3-10(7-9)21(15,18)19/h1-7H,(H,16,17)(H2,15,18,19). The highest BCUT2D eigenvalue weighted by Gasteiger charge is 2.09. The summed E-state index contributed by atoms with van der Waals surface area (Å²) in [5.41, 5.74) is 1.09. The fourth-order valence-corrected chi connectivity index (χ4v) is 3.25. The van der Waals surface area contributed by atoms with Gasteiger partial charge >= 0.3 is 0 Å². The average molecular weight is 323 g/mol. The SMILES string of the molecule is NS(=O)(=O)c1cccc(Nc2nc3cc(F)ccc3s2)c1. The molecular weight excluding hydrogens is 313 g/mol. The molecule has 0 saturated heterocycles. The summed E-state index contributed by atoms with van der Waals surface area (Å²) in [5.74, 6) is -0.351. The number of nitrogens with one attached hydrogen (secondary N) is 1. The molecular formula is C13H10FN3O2S2. The monoisotopic (exact) mass is 323 g/mol. The quantitative estimate of drug-likeness (QED) is 0.776. The Balaban J connectivity index is 1.95. The number of nitrogens with two attached hydrogens (primary N) is 1. The van der Waals surface area contributed by atoms with Crippen LogP contribution < -0.4 is 10.5 Å². The van der Waals surface area contributed by atoms with Crippen LogP contribution in [0.2, 0.25) is 0 Å². The first-order valence-corrected chi connectivity index (χ1v) is 8.24. The van der Waals surface area contributed by atoms with E-state index in [9.17, 15) is 12.8 Å². The molecule has 108 valence electrons. The normalized spacial score (nSPS) is 11.7. The van der Waals surface area contributed by atoms with Crippen LogP contribution in [0.15, 0.2) is 47.4 Å². The topological polar surface area (TPSA) is 85.1 Å². The van der Waals surface area contributed by atoms with Crippen molar-refractivity contribution in [1.82, 2.24) is 4.98 Å². The Labute approximate surface area is 124 Å². The number of rotatable bonds is 3. The van der Waals surface area contributed by atoms with Crippen molar-refractivity contribution >= 4 is 42.4 Å². The number of benzene rings is 2. The first-order chi connectivity index (χ1) is 9.91. The number of thiazole rings is 1. The van der Waals surface area contributed by atoms with Gasteiger partial charge in [-0.25, -0.2) is 22.9 Å². The van der Waals surface area contributed by atoms with Crippen molar-refractivity contribution in [1.29, 1.82) is 0 Å². The van der Waals surface area contributed by atoms with Crippen molar-refractivity contribution < 1.29 is 12.8 Å². The molecule has 0 atom stereocenters. The van der Waals surface area contributed by atoms with E-state index >= 15 is 0 Å². The lowest BCUT2D eigenvalue weighted by atomic mass is 10.3. The minimum atomic E-state index is -3.75. The van der Waals surface area contributed by atoms with E-state index in [1.165, 1.54) is 35.6 Å². The molecule has 0 amide bonds. The van der Waals surface area contributed by atoms with Crippen LogP contribution in [0.5, 0.6) is 0 Å². The summed E-state index contributed by atoms with van der Waals surface area (Å²) in [4.78, 5) is 4.26. The van der Waals surface area contributed by atoms with Gasteiger partial charge in [0.1, 0.15) is 5.82 Å². The van der Waals surface area contributed by atoms with Gasteiger partial charge in [0.2, 0.25) is 10.0 Å². The molecule has 8 heteroatoms. The second-order valence-corrected chi connectivity index (χ2v) is 6.92. The first kappa shape index (κ1) is 13.9. The van der Waals surface area contributed by atoms with Gasteiger partial charge in [0, 0.05) is 11.8 Å². The molecule has 21 heavy (non-hydrogen) atoms. The zero-order valence-corrected chi connectivity index (χ0v) is 12.2. The third-order valence-electron chi connectivity index (χ3n) is 2.76. The van der Waals surface area contributed by atoms with E-state index in [0.717, 1.165) is 4.70 Å². The lowest BCUT2D eigenvalue weighted by Gasteiger charge is -2.04. The molecule has 0 aliphatic rings. The molecule has 3 N–H and O–H groups in total. The van der Waals surface area contributed by atoms with Gasteiger partial charge in [-0.15, -0.1) is 0 Å². The molecule has 3 aromatic rings. The van der Waals surface area contributed by atoms with Crippen LogP contribution in [-0.2, 0) is 10.0 Å². The van der Waals surface area contributed by atoms with E-state index in [1.807, 2.05) is 0 Å². The second kappa shape index (κ2) is 5.06. The third kappa shape index (κ3) is 3.02. The van der Waals surface area contributed by atoms with Gasteiger partial charge in [-0.1, -0.05) is 17.4 Å². The van der Waals surface area contributed by atoms with E-state index < -0.39 is 10.0 Å². The number of anilines is 2. The minimum absolute atomic E-state index is 0.0136. The summed E-state index contributed by atoms with van der Waals surface area (Å²) >= 11 is 1.34. The second-order valence-electron chi connectivity index (χ2n) is 4.33. The van der Waals surface area contributed by atoms with E-state index in [0.29, 0.717) is 16.3 Å². The van der Waals surface area contributed by atoms with Crippen LogP contribution in [0.4, 0.5) is 15.2 Å². The Hall–Kier alpha value is -2.03. The highest BCUT2D eigenvalue weighted by molar-refractivity contribution is 7.89. The van der Waals surface area contributed by atoms with Crippen molar-refractivity contribution in [3.8, 4) is 0 Å². The van der Waals surface area contributed by atoms with Gasteiger partial charge in [0.15, 0.2) is 5.13 Å². The summed E-state index contributed by atoms with van der Waals surface area (Å²) in [7, 11) is -3.75. The van der Waals surface area contributed by atoms with Crippen molar-refractivity contribution in [2.24, 2.45) is 5.14 Å². The molecule has 1 aromatic heterocycles. The highest BCUT2D eigenvalue weighted by atomic mass is 32.2. The van der Waals surface area contributed by atoms with Gasteiger partial charge in [0.05, 0.1) is 15.1 Å². The number of hydrogen-bond donors (Lipinski definition) is 2. The number of hydrogen-bond acceptors (Lipinski definition) is 5. The number of aromatic nitrogens is 1. The van der Waals surface area contributed by atoms with E-state index in [-0.39, 0.29) is 10.7 Å². The van der Waals surface area contributed by atoms with Crippen molar-refractivity contribution in [2.45, 2.75) is 4.90 Å². The molecule has 5 nitrogen and oxygen atoms in total. The molecule has 0 aliphatic carbocycles. The Bertz CT molecular complexity index is 922. The molecule has 0 radical (unpaired) electrons. The Kier molecular flexibility index (Phi) is 3.36. The fourth-order valence-electron chi connectivity index (χ4n) is 1.83. The number of halogens is 1. The van der Waals surface area contributed by atoms with Gasteiger partial charge < -0.3 is 5.32 Å². The van der Waals surface area contributed by atoms with Crippen molar-refractivity contribution in [3.05, 3.63) is 48.3 Å². The predicted molar refractivity (Wildman–Crippen MR) is 80.7 cm³/mol. The Morgan fingerprint density at radius 3 is 2.76 bits per heavy atom. The zero-order chi connectivity index (χ0) is 15.0. The molecule has 0 fully saturated rings. The number of sulfonamides is 1. The summed E-state index contributed by atoms with van der Waals surface area (Å²) < 4.78 is 36.6. The van der Waals surface area contributed by atoms with E-state index in [1.54, 1.807) is 18.2 Å². The molecule has 1 heterocycles. The van der Waals surface area contributed by atoms with Gasteiger partial charge in [-0.3, -0.25) is 0 Å². The summed E-state index contributed by atoms with van der Waals surface area (Å²) in [6, 6.07) is 10.5. The third-order valence-corrected chi connectivity index (χ3v) is 4.63. The highest BCUT2D eigenvalue weighted by Crippen LogP contribution is 2.29. The fraction of sp³-hybridized carbons (Fsp3) is 0. The van der Waals surface area contributed by atoms with Gasteiger partial charge in [-0.05, 0) is 30.3 Å². The number of primary sulfonamides is 1. The van der Waals surface area contributed by atoms with Crippen molar-refractivity contribution in [2.75, 3.05) is 5.32 Å². The lowest BCUT2D eigenvalue weighted by Crippen LogP contribution is -2.12. The van der Waals surface area contributed by atoms with Crippen LogP contribution in [0, 0.1) is 5.82 Å². The molecule has 0 saturated carbocycles. The van der Waals surface area contributed by atoms with Crippen LogP contribution >= 0.6 is 11.3 Å². The number of nitrogens with zero attached hydrogens (tertiary/aromatic N) is 1. The van der Waals surface area contributed by atoms with Crippen molar-refractivity contribution in [3.63, 3.8) is 0 Å². The maximum absolute atomic E-state index is 13.1. The van der Waals surface area contributed by atoms with E-state index in [2.05, 4.69) is 10.3 Å². The van der Waals surface area contributed by atoms with Crippen LogP contribution in [0.3, 0.4) is 0 Å². The number of fused-ring (bicyclic) bond motifs is 1. The van der Waals surface area contributed by atoms with Crippen LogP contribution in [-0.4, -0.2) is 13.4 Å². The largest absolute Gasteiger partial charge is 0.331 e. The minimum Gasteiger partial charge on any atom is -0.331 e. The molecule has 0 bridgehead atoms. The van der Waals surface area contributed by atoms with E-state index in [4.69, 9.17) is 5.14 Å². The molecule has 0 unspecified atom stereocenters. The smallest absolute Gasteiger partial charge is 0.238 e. The Morgan fingerprint density at radius 1 is 1.19 bits per heavy atom. The average Bonchev–Trinajstić information content (AvgIpc) is 2.79. The Morgan fingerprint density at radius 2 is 2.00 bits per heavy atom. The molecule has 2 aromatic carbocycles. The van der Waals surface area contributed by atoms with Crippen LogP contribution in [0.25, 0.3) is 10.2 Å². The maximum Gasteiger partial charge on any atom is 0.238 e. The first-order valence-electron chi connectivity index (χ1n) is 5.88. The van der Waals surface area contributed by atoms with Crippen LogP contribution in [0.1, 0.15) is 0 Å². The molecule has 0 aliphatic heterocycles. The predicted octanol–water partition coefficient (Wildman–Crippen LogP) is 2.83. The summed E-state index contributed by atoms with van der Waals surface area (Å²) in [5, 5.41) is 8.62. The van der Waals surface area contributed by atoms with Gasteiger partial charge in [-0.2, -0.15) is 0 Å².